The molecule has 3 aromatic carbocycles. The molecule has 0 aromatic heterocycles. The first kappa shape index (κ1) is 14.5. The molecule has 0 atom stereocenters. The molecule has 3 nitrogen and oxygen atoms in total. The number of fused-ring (bicyclic) bond motifs is 1. The van der Waals surface area contributed by atoms with E-state index >= 15 is 0 Å². The van der Waals surface area contributed by atoms with Crippen LogP contribution in [0, 0.1) is 0 Å². The van der Waals surface area contributed by atoms with Crippen LogP contribution in [-0.4, -0.2) is 6.54 Å². The van der Waals surface area contributed by atoms with Gasteiger partial charge in [0.1, 0.15) is 0 Å². The van der Waals surface area contributed by atoms with Crippen LogP contribution in [0.15, 0.2) is 77.8 Å². The molecule has 3 heteroatoms. The summed E-state index contributed by atoms with van der Waals surface area (Å²) in [5.74, 6) is 0. The Morgan fingerprint density at radius 2 is 1.25 bits per heavy atom. The Morgan fingerprint density at radius 3 is 1.83 bits per heavy atom. The van der Waals surface area contributed by atoms with Crippen molar-refractivity contribution in [3.8, 4) is 0 Å². The summed E-state index contributed by atoms with van der Waals surface area (Å²) in [5, 5.41) is 2.19. The Morgan fingerprint density at radius 1 is 0.708 bits per heavy atom. The average Bonchev–Trinajstić information content (AvgIpc) is 2.62. The van der Waals surface area contributed by atoms with Gasteiger partial charge in [0.2, 0.25) is 0 Å². The molecule has 118 valence electrons. The summed E-state index contributed by atoms with van der Waals surface area (Å²) in [7, 11) is 0. The monoisotopic (exact) mass is 313 g/mol. The molecular formula is C21H19N3. The van der Waals surface area contributed by atoms with E-state index in [4.69, 9.17) is 16.5 Å². The Labute approximate surface area is 141 Å². The standard InChI is InChI=1S/C21H19N3/c22-18-9-5-16(6-10-18)21(17-7-11-19(23)12-8-17)13-15-3-1-2-4-20(15)24-14-21/h1-13H,14,22-23H2. The quantitative estimate of drug-likeness (QED) is 0.713. The van der Waals surface area contributed by atoms with E-state index in [1.54, 1.807) is 0 Å². The number of nitrogens with zero attached hydrogens (tertiary/aromatic N) is 1. The van der Waals surface area contributed by atoms with Crippen molar-refractivity contribution in [2.24, 2.45) is 4.99 Å². The summed E-state index contributed by atoms with van der Waals surface area (Å²) in [6, 6.07) is 24.4. The zero-order chi connectivity index (χ0) is 16.6. The van der Waals surface area contributed by atoms with Gasteiger partial charge < -0.3 is 11.5 Å². The van der Waals surface area contributed by atoms with E-state index in [0.717, 1.165) is 22.0 Å². The molecule has 4 rings (SSSR count). The first-order valence-electron chi connectivity index (χ1n) is 8.02. The molecule has 0 bridgehead atoms. The van der Waals surface area contributed by atoms with Gasteiger partial charge in [0.25, 0.3) is 0 Å². The second-order valence-corrected chi connectivity index (χ2v) is 6.23. The molecule has 1 aliphatic heterocycles. The molecule has 0 aliphatic carbocycles. The second-order valence-electron chi connectivity index (χ2n) is 6.23. The summed E-state index contributed by atoms with van der Waals surface area (Å²) >= 11 is 0. The van der Waals surface area contributed by atoms with Gasteiger partial charge in [-0.3, -0.25) is 4.99 Å². The first-order chi connectivity index (χ1) is 11.7. The van der Waals surface area contributed by atoms with Crippen molar-refractivity contribution in [1.82, 2.24) is 0 Å². The van der Waals surface area contributed by atoms with E-state index in [1.807, 2.05) is 36.4 Å². The smallest absolute Gasteiger partial charge is 0.0644 e. The molecule has 0 saturated heterocycles. The van der Waals surface area contributed by atoms with Crippen LogP contribution in [0.2, 0.25) is 0 Å². The van der Waals surface area contributed by atoms with Gasteiger partial charge in [-0.25, -0.2) is 0 Å². The topological polar surface area (TPSA) is 64.4 Å². The summed E-state index contributed by atoms with van der Waals surface area (Å²) in [6.07, 6.45) is 2.31. The highest BCUT2D eigenvalue weighted by molar-refractivity contribution is 5.60. The van der Waals surface area contributed by atoms with E-state index in [0.29, 0.717) is 6.54 Å². The van der Waals surface area contributed by atoms with E-state index in [2.05, 4.69) is 42.5 Å². The molecular weight excluding hydrogens is 294 g/mol. The lowest BCUT2D eigenvalue weighted by atomic mass is 9.73. The average molecular weight is 313 g/mol. The molecule has 3 aromatic rings. The molecule has 1 aliphatic rings. The van der Waals surface area contributed by atoms with Gasteiger partial charge in [-0.15, -0.1) is 0 Å². The van der Waals surface area contributed by atoms with Gasteiger partial charge >= 0.3 is 0 Å². The highest BCUT2D eigenvalue weighted by Gasteiger charge is 2.33. The molecule has 24 heavy (non-hydrogen) atoms. The van der Waals surface area contributed by atoms with Crippen LogP contribution in [0.5, 0.6) is 0 Å². The van der Waals surface area contributed by atoms with Gasteiger partial charge in [0, 0.05) is 11.4 Å². The van der Waals surface area contributed by atoms with Crippen LogP contribution in [-0.2, 0) is 5.41 Å². The van der Waals surface area contributed by atoms with Crippen molar-refractivity contribution in [3.05, 3.63) is 94.5 Å². The van der Waals surface area contributed by atoms with Crippen molar-refractivity contribution >= 4 is 17.5 Å². The lowest BCUT2D eigenvalue weighted by Crippen LogP contribution is -2.40. The second kappa shape index (κ2) is 5.53. The highest BCUT2D eigenvalue weighted by Crippen LogP contribution is 2.36. The number of nitrogen functional groups attached to an aromatic ring is 2. The van der Waals surface area contributed by atoms with Crippen LogP contribution >= 0.6 is 0 Å². The van der Waals surface area contributed by atoms with Crippen LogP contribution in [0.1, 0.15) is 11.1 Å². The Balaban J connectivity index is 1.99. The van der Waals surface area contributed by atoms with E-state index < -0.39 is 0 Å². The van der Waals surface area contributed by atoms with Crippen molar-refractivity contribution in [2.75, 3.05) is 18.0 Å². The highest BCUT2D eigenvalue weighted by atomic mass is 14.8. The third-order valence-corrected chi connectivity index (χ3v) is 4.69. The maximum atomic E-state index is 5.88. The number of hydrogen-bond acceptors (Lipinski definition) is 3. The van der Waals surface area contributed by atoms with Crippen molar-refractivity contribution in [2.45, 2.75) is 5.41 Å². The summed E-state index contributed by atoms with van der Waals surface area (Å²) < 4.78 is 0. The molecule has 0 amide bonds. The van der Waals surface area contributed by atoms with Gasteiger partial charge in [0.05, 0.1) is 17.3 Å². The molecule has 0 saturated carbocycles. The third kappa shape index (κ3) is 2.35. The zero-order valence-electron chi connectivity index (χ0n) is 13.3. The van der Waals surface area contributed by atoms with E-state index in [1.165, 1.54) is 11.1 Å². The number of para-hydroxylation sites is 1. The van der Waals surface area contributed by atoms with E-state index in [-0.39, 0.29) is 5.41 Å². The predicted molar refractivity (Wildman–Crippen MR) is 99.0 cm³/mol. The molecule has 4 N–H and O–H groups in total. The van der Waals surface area contributed by atoms with Gasteiger partial charge in [-0.05, 0) is 46.7 Å². The van der Waals surface area contributed by atoms with Crippen molar-refractivity contribution in [1.29, 1.82) is 0 Å². The fraction of sp³-hybridized carbons (Fsp3) is 0.0952. The summed E-state index contributed by atoms with van der Waals surface area (Å²) in [4.78, 5) is 4.85. The molecule has 0 unspecified atom stereocenters. The maximum absolute atomic E-state index is 5.88. The largest absolute Gasteiger partial charge is 0.399 e. The van der Waals surface area contributed by atoms with Gasteiger partial charge in [0.15, 0.2) is 0 Å². The number of hydrogen-bond donors (Lipinski definition) is 2. The van der Waals surface area contributed by atoms with Crippen molar-refractivity contribution in [3.63, 3.8) is 0 Å². The van der Waals surface area contributed by atoms with Crippen LogP contribution in [0.4, 0.5) is 11.4 Å². The Kier molecular flexibility index (Phi) is 3.35. The minimum absolute atomic E-state index is 0.310. The first-order valence-corrected chi connectivity index (χ1v) is 8.02. The summed E-state index contributed by atoms with van der Waals surface area (Å²) in [5.41, 5.74) is 15.3. The number of benzene rings is 3. The van der Waals surface area contributed by atoms with E-state index in [9.17, 15) is 0 Å². The summed E-state index contributed by atoms with van der Waals surface area (Å²) in [6.45, 7) is 0.665. The lowest BCUT2D eigenvalue weighted by molar-refractivity contribution is 0.669. The van der Waals surface area contributed by atoms with Gasteiger partial charge in [-0.1, -0.05) is 48.5 Å². The number of rotatable bonds is 2. The molecule has 0 fully saturated rings. The van der Waals surface area contributed by atoms with Gasteiger partial charge in [-0.2, -0.15) is 0 Å². The maximum Gasteiger partial charge on any atom is 0.0644 e. The molecule has 1 heterocycles. The fourth-order valence-electron chi connectivity index (χ4n) is 3.35. The third-order valence-electron chi connectivity index (χ3n) is 4.69. The van der Waals surface area contributed by atoms with Crippen LogP contribution in [0.3, 0.4) is 0 Å². The van der Waals surface area contributed by atoms with Crippen LogP contribution < -0.4 is 22.0 Å². The predicted octanol–water partition coefficient (Wildman–Crippen LogP) is 2.25. The molecule has 0 spiro atoms. The minimum atomic E-state index is -0.310. The van der Waals surface area contributed by atoms with Crippen molar-refractivity contribution < 1.29 is 0 Å². The SMILES string of the molecule is Nc1ccc(C2(c3ccc(N)cc3)C=c3ccccc3=NC2)cc1. The Hall–Kier alpha value is -3.07. The zero-order valence-corrected chi connectivity index (χ0v) is 13.3. The lowest BCUT2D eigenvalue weighted by Gasteiger charge is -2.32. The Bertz CT molecular complexity index is 941. The molecule has 0 radical (unpaired) electrons. The number of nitrogens with two attached hydrogens (primary N) is 2. The fourth-order valence-corrected chi connectivity index (χ4v) is 3.35. The minimum Gasteiger partial charge on any atom is -0.399 e. The van der Waals surface area contributed by atoms with Crippen LogP contribution in [0.25, 0.3) is 6.08 Å². The normalized spacial score (nSPS) is 15.0. The number of anilines is 2.